The van der Waals surface area contributed by atoms with Gasteiger partial charge in [0.25, 0.3) is 0 Å². The van der Waals surface area contributed by atoms with Crippen LogP contribution in [0, 0.1) is 5.92 Å². The van der Waals surface area contributed by atoms with E-state index in [9.17, 15) is 9.18 Å². The number of esters is 1. The Morgan fingerprint density at radius 1 is 1.44 bits per heavy atom. The molecule has 0 spiro atoms. The molecule has 0 heterocycles. The summed E-state index contributed by atoms with van der Waals surface area (Å²) in [5.74, 6) is -0.340. The summed E-state index contributed by atoms with van der Waals surface area (Å²) in [6.45, 7) is 4.19. The van der Waals surface area contributed by atoms with E-state index in [4.69, 9.17) is 0 Å². The Labute approximate surface area is 95.4 Å². The lowest BCUT2D eigenvalue weighted by Gasteiger charge is -2.09. The first-order valence-corrected chi connectivity index (χ1v) is 5.35. The first-order valence-electron chi connectivity index (χ1n) is 5.35. The Balaban J connectivity index is 2.85. The van der Waals surface area contributed by atoms with Crippen LogP contribution in [-0.4, -0.2) is 13.1 Å². The van der Waals surface area contributed by atoms with Gasteiger partial charge >= 0.3 is 5.97 Å². The number of hydrogen-bond donors (Lipinski definition) is 0. The van der Waals surface area contributed by atoms with E-state index in [1.807, 2.05) is 6.07 Å². The Hall–Kier alpha value is -1.38. The van der Waals surface area contributed by atoms with E-state index in [0.717, 1.165) is 12.0 Å². The summed E-state index contributed by atoms with van der Waals surface area (Å²) in [5, 5.41) is 0. The van der Waals surface area contributed by atoms with Crippen LogP contribution >= 0.6 is 0 Å². The number of hydrogen-bond acceptors (Lipinski definition) is 2. The monoisotopic (exact) mass is 224 g/mol. The van der Waals surface area contributed by atoms with Crippen molar-refractivity contribution in [3.8, 4) is 0 Å². The average molecular weight is 224 g/mol. The molecular formula is C13H17FO2. The predicted octanol–water partition coefficient (Wildman–Crippen LogP) is 3.07. The maximum atomic E-state index is 13.6. The molecule has 2 nitrogen and oxygen atoms in total. The largest absolute Gasteiger partial charge is 0.467 e. The Kier molecular flexibility index (Phi) is 4.47. The van der Waals surface area contributed by atoms with Gasteiger partial charge in [0.15, 0.2) is 0 Å². The third kappa shape index (κ3) is 3.33. The molecule has 1 unspecified atom stereocenters. The third-order valence-corrected chi connectivity index (χ3v) is 2.30. The number of benzene rings is 1. The third-order valence-electron chi connectivity index (χ3n) is 2.30. The Bertz CT molecular complexity index is 361. The van der Waals surface area contributed by atoms with E-state index in [1.54, 1.807) is 18.2 Å². The topological polar surface area (TPSA) is 26.3 Å². The molecule has 1 aromatic carbocycles. The summed E-state index contributed by atoms with van der Waals surface area (Å²) >= 11 is 0. The average Bonchev–Trinajstić information content (AvgIpc) is 2.26. The van der Waals surface area contributed by atoms with Gasteiger partial charge in [0.2, 0.25) is 6.17 Å². The fraction of sp³-hybridized carbons (Fsp3) is 0.462. The molecule has 16 heavy (non-hydrogen) atoms. The number of methoxy groups -OCH3 is 1. The van der Waals surface area contributed by atoms with Crippen molar-refractivity contribution in [1.29, 1.82) is 0 Å². The molecule has 0 fully saturated rings. The molecule has 0 aliphatic rings. The molecule has 0 aliphatic heterocycles. The van der Waals surface area contributed by atoms with E-state index in [-0.39, 0.29) is 0 Å². The van der Waals surface area contributed by atoms with Crippen molar-refractivity contribution in [2.75, 3.05) is 7.11 Å². The van der Waals surface area contributed by atoms with Gasteiger partial charge in [0.1, 0.15) is 0 Å². The molecule has 0 aliphatic carbocycles. The van der Waals surface area contributed by atoms with E-state index in [2.05, 4.69) is 18.6 Å². The zero-order valence-electron chi connectivity index (χ0n) is 9.87. The van der Waals surface area contributed by atoms with Crippen LogP contribution in [0.2, 0.25) is 0 Å². The van der Waals surface area contributed by atoms with Gasteiger partial charge in [-0.05, 0) is 23.5 Å². The van der Waals surface area contributed by atoms with Crippen LogP contribution in [0.15, 0.2) is 24.3 Å². The summed E-state index contributed by atoms with van der Waals surface area (Å²) in [4.78, 5) is 11.0. The maximum absolute atomic E-state index is 13.6. The van der Waals surface area contributed by atoms with E-state index < -0.39 is 12.1 Å². The maximum Gasteiger partial charge on any atom is 0.345 e. The number of rotatable bonds is 4. The minimum atomic E-state index is -1.68. The predicted molar refractivity (Wildman–Crippen MR) is 60.8 cm³/mol. The number of alkyl halides is 1. The number of carbonyl (C=O) groups excluding carboxylic acids is 1. The molecule has 0 saturated carbocycles. The molecule has 0 radical (unpaired) electrons. The van der Waals surface area contributed by atoms with Gasteiger partial charge in [-0.1, -0.05) is 38.1 Å². The fourth-order valence-electron chi connectivity index (χ4n) is 1.59. The highest BCUT2D eigenvalue weighted by Gasteiger charge is 2.20. The van der Waals surface area contributed by atoms with Gasteiger partial charge in [-0.15, -0.1) is 0 Å². The van der Waals surface area contributed by atoms with E-state index >= 15 is 0 Å². The van der Waals surface area contributed by atoms with Crippen molar-refractivity contribution in [2.24, 2.45) is 5.92 Å². The highest BCUT2D eigenvalue weighted by molar-refractivity contribution is 5.76. The first kappa shape index (κ1) is 12.7. The van der Waals surface area contributed by atoms with Crippen LogP contribution in [-0.2, 0) is 16.0 Å². The van der Waals surface area contributed by atoms with Crippen molar-refractivity contribution in [3.63, 3.8) is 0 Å². The van der Waals surface area contributed by atoms with Crippen LogP contribution in [0.3, 0.4) is 0 Å². The summed E-state index contributed by atoms with van der Waals surface area (Å²) in [7, 11) is 1.19. The highest BCUT2D eigenvalue weighted by atomic mass is 19.1. The summed E-state index contributed by atoms with van der Waals surface area (Å²) in [6, 6.07) is 7.03. The lowest BCUT2D eigenvalue weighted by atomic mass is 9.99. The van der Waals surface area contributed by atoms with Crippen LogP contribution < -0.4 is 0 Å². The SMILES string of the molecule is COC(=O)C(F)c1cccc(CC(C)C)c1. The zero-order chi connectivity index (χ0) is 12.1. The van der Waals surface area contributed by atoms with Crippen LogP contribution in [0.25, 0.3) is 0 Å². The second-order valence-electron chi connectivity index (χ2n) is 4.23. The minimum Gasteiger partial charge on any atom is -0.467 e. The standard InChI is InChI=1S/C13H17FO2/c1-9(2)7-10-5-4-6-11(8-10)12(14)13(15)16-3/h4-6,8-9,12H,7H2,1-3H3. The lowest BCUT2D eigenvalue weighted by molar-refractivity contribution is -0.146. The quantitative estimate of drug-likeness (QED) is 0.735. The highest BCUT2D eigenvalue weighted by Crippen LogP contribution is 2.21. The summed E-state index contributed by atoms with van der Waals surface area (Å²) in [5.41, 5.74) is 1.41. The number of halogens is 1. The second-order valence-corrected chi connectivity index (χ2v) is 4.23. The van der Waals surface area contributed by atoms with Gasteiger partial charge in [0, 0.05) is 0 Å². The first-order chi connectivity index (χ1) is 7.54. The minimum absolute atomic E-state index is 0.366. The second kappa shape index (κ2) is 5.64. The molecule has 0 bridgehead atoms. The van der Waals surface area contributed by atoms with Crippen molar-refractivity contribution in [1.82, 2.24) is 0 Å². The number of carbonyl (C=O) groups is 1. The number of ether oxygens (including phenoxy) is 1. The van der Waals surface area contributed by atoms with E-state index in [1.165, 1.54) is 7.11 Å². The molecule has 88 valence electrons. The molecule has 1 atom stereocenters. The Morgan fingerprint density at radius 2 is 2.12 bits per heavy atom. The normalized spacial score (nSPS) is 12.6. The molecule has 0 N–H and O–H groups in total. The van der Waals surface area contributed by atoms with Gasteiger partial charge in [-0.3, -0.25) is 0 Å². The van der Waals surface area contributed by atoms with Gasteiger partial charge < -0.3 is 4.74 Å². The van der Waals surface area contributed by atoms with Crippen molar-refractivity contribution in [2.45, 2.75) is 26.4 Å². The van der Waals surface area contributed by atoms with Crippen molar-refractivity contribution in [3.05, 3.63) is 35.4 Å². The smallest absolute Gasteiger partial charge is 0.345 e. The van der Waals surface area contributed by atoms with Gasteiger partial charge in [0.05, 0.1) is 7.11 Å². The fourth-order valence-corrected chi connectivity index (χ4v) is 1.59. The van der Waals surface area contributed by atoms with Crippen molar-refractivity contribution < 1.29 is 13.9 Å². The zero-order valence-corrected chi connectivity index (χ0v) is 9.87. The summed E-state index contributed by atoms with van der Waals surface area (Å²) < 4.78 is 17.9. The summed E-state index contributed by atoms with van der Waals surface area (Å²) in [6.07, 6.45) is -0.807. The van der Waals surface area contributed by atoms with Crippen LogP contribution in [0.1, 0.15) is 31.1 Å². The van der Waals surface area contributed by atoms with Crippen molar-refractivity contribution >= 4 is 5.97 Å². The van der Waals surface area contributed by atoms with Gasteiger partial charge in [-0.25, -0.2) is 9.18 Å². The molecule has 1 aromatic rings. The Morgan fingerprint density at radius 3 is 2.69 bits per heavy atom. The van der Waals surface area contributed by atoms with Crippen LogP contribution in [0.5, 0.6) is 0 Å². The molecule has 1 rings (SSSR count). The van der Waals surface area contributed by atoms with E-state index in [0.29, 0.717) is 11.5 Å². The molecule has 0 amide bonds. The van der Waals surface area contributed by atoms with Crippen LogP contribution in [0.4, 0.5) is 4.39 Å². The molecule has 0 saturated heterocycles. The molecule has 3 heteroatoms. The molecule has 0 aromatic heterocycles. The molecular weight excluding hydrogens is 207 g/mol. The lowest BCUT2D eigenvalue weighted by Crippen LogP contribution is -2.10. The van der Waals surface area contributed by atoms with Gasteiger partial charge in [-0.2, -0.15) is 0 Å².